The lowest BCUT2D eigenvalue weighted by Crippen LogP contribution is -2.39. The van der Waals surface area contributed by atoms with Gasteiger partial charge in [-0.25, -0.2) is 0 Å². The monoisotopic (exact) mass is 540 g/mol. The molecule has 1 heterocycles. The molecule has 1 unspecified atom stereocenters. The van der Waals surface area contributed by atoms with Gasteiger partial charge in [-0.1, -0.05) is 6.42 Å². The Hall–Kier alpha value is -1.36. The molecule has 1 saturated heterocycles. The predicted octanol–water partition coefficient (Wildman–Crippen LogP) is 4.23. The molecule has 1 aliphatic rings. The number of alkyl halides is 2. The summed E-state index contributed by atoms with van der Waals surface area (Å²) in [7, 11) is 3.22. The number of rotatable bonds is 10. The van der Waals surface area contributed by atoms with E-state index in [4.69, 9.17) is 4.74 Å². The first kappa shape index (κ1) is 26.7. The van der Waals surface area contributed by atoms with Gasteiger partial charge in [0.25, 0.3) is 0 Å². The van der Waals surface area contributed by atoms with Gasteiger partial charge < -0.3 is 25.0 Å². The zero-order chi connectivity index (χ0) is 21.1. The molecule has 2 rings (SSSR count). The molecule has 0 aliphatic carbocycles. The number of aliphatic imine (C=N–C) groups is 1. The van der Waals surface area contributed by atoms with Crippen LogP contribution in [0, 0.1) is 0 Å². The number of benzene rings is 1. The van der Waals surface area contributed by atoms with E-state index in [0.717, 1.165) is 25.9 Å². The van der Waals surface area contributed by atoms with Gasteiger partial charge in [0.2, 0.25) is 0 Å². The van der Waals surface area contributed by atoms with Crippen LogP contribution >= 0.6 is 24.0 Å². The maximum Gasteiger partial charge on any atom is 0.387 e. The van der Waals surface area contributed by atoms with Gasteiger partial charge in [0.15, 0.2) is 5.96 Å². The van der Waals surface area contributed by atoms with Crippen molar-refractivity contribution in [3.05, 3.63) is 23.8 Å². The lowest BCUT2D eigenvalue weighted by molar-refractivity contribution is -0.0504. The molecule has 1 aromatic carbocycles. The highest BCUT2D eigenvalue weighted by molar-refractivity contribution is 14.0. The molecule has 1 fully saturated rings. The van der Waals surface area contributed by atoms with Crippen LogP contribution in [0.2, 0.25) is 0 Å². The van der Waals surface area contributed by atoms with Gasteiger partial charge in [0, 0.05) is 31.7 Å². The fourth-order valence-electron chi connectivity index (χ4n) is 3.57. The number of halogens is 3. The molecule has 2 N–H and O–H groups in total. The number of unbranched alkanes of at least 4 members (excludes halogenated alkanes) is 1. The summed E-state index contributed by atoms with van der Waals surface area (Å²) in [5.41, 5.74) is 0.576. The SMILES string of the molecule is CN=C(NCCCCN1CCCCC1C)NCc1cc(OC)ccc1OC(F)F.I. The third-order valence-electron chi connectivity index (χ3n) is 5.26. The lowest BCUT2D eigenvalue weighted by atomic mass is 10.0. The second-order valence-corrected chi connectivity index (χ2v) is 7.29. The predicted molar refractivity (Wildman–Crippen MR) is 127 cm³/mol. The number of ether oxygens (including phenoxy) is 2. The average molecular weight is 540 g/mol. The molecular weight excluding hydrogens is 505 g/mol. The molecule has 6 nitrogen and oxygen atoms in total. The molecule has 0 amide bonds. The van der Waals surface area contributed by atoms with Crippen molar-refractivity contribution in [2.45, 2.75) is 58.2 Å². The minimum Gasteiger partial charge on any atom is -0.497 e. The number of guanidine groups is 1. The summed E-state index contributed by atoms with van der Waals surface area (Å²) in [6, 6.07) is 5.45. The highest BCUT2D eigenvalue weighted by atomic mass is 127. The van der Waals surface area contributed by atoms with E-state index in [0.29, 0.717) is 29.9 Å². The minimum absolute atomic E-state index is 0. The Bertz CT molecular complexity index is 649. The standard InChI is InChI=1S/C21H34F2N4O2.HI/c1-16-8-4-6-12-27(16)13-7-5-11-25-21(24-2)26-15-17-14-18(28-3)9-10-19(17)29-20(22)23;/h9-10,14,16,20H,4-8,11-13,15H2,1-3H3,(H2,24,25,26);1H. The highest BCUT2D eigenvalue weighted by Gasteiger charge is 2.17. The second-order valence-electron chi connectivity index (χ2n) is 7.29. The summed E-state index contributed by atoms with van der Waals surface area (Å²) in [6.07, 6.45) is 6.13. The van der Waals surface area contributed by atoms with Crippen molar-refractivity contribution in [3.8, 4) is 11.5 Å². The number of nitrogens with zero attached hydrogens (tertiary/aromatic N) is 2. The average Bonchev–Trinajstić information content (AvgIpc) is 2.71. The van der Waals surface area contributed by atoms with Crippen molar-refractivity contribution in [2.24, 2.45) is 4.99 Å². The highest BCUT2D eigenvalue weighted by Crippen LogP contribution is 2.25. The van der Waals surface area contributed by atoms with Crippen molar-refractivity contribution in [2.75, 3.05) is 33.8 Å². The zero-order valence-electron chi connectivity index (χ0n) is 18.1. The molecule has 172 valence electrons. The van der Waals surface area contributed by atoms with E-state index >= 15 is 0 Å². The Kier molecular flexibility index (Phi) is 13.0. The number of hydrogen-bond acceptors (Lipinski definition) is 4. The van der Waals surface area contributed by atoms with Gasteiger partial charge in [-0.15, -0.1) is 24.0 Å². The van der Waals surface area contributed by atoms with Crippen LogP contribution in [0.15, 0.2) is 23.2 Å². The Morgan fingerprint density at radius 3 is 2.73 bits per heavy atom. The summed E-state index contributed by atoms with van der Waals surface area (Å²) in [5, 5.41) is 6.42. The molecule has 0 radical (unpaired) electrons. The third-order valence-corrected chi connectivity index (χ3v) is 5.26. The number of piperidine rings is 1. The van der Waals surface area contributed by atoms with Crippen LogP contribution in [0.25, 0.3) is 0 Å². The van der Waals surface area contributed by atoms with Crippen LogP contribution in [0.4, 0.5) is 8.78 Å². The maximum absolute atomic E-state index is 12.6. The summed E-state index contributed by atoms with van der Waals surface area (Å²) in [6.45, 7) is 2.88. The maximum atomic E-state index is 12.6. The molecule has 1 aliphatic heterocycles. The number of hydrogen-bond donors (Lipinski definition) is 2. The Labute approximate surface area is 195 Å². The number of likely N-dealkylation sites (tertiary alicyclic amines) is 1. The third kappa shape index (κ3) is 9.20. The van der Waals surface area contributed by atoms with Gasteiger partial charge in [-0.2, -0.15) is 8.78 Å². The van der Waals surface area contributed by atoms with E-state index in [1.54, 1.807) is 19.2 Å². The van der Waals surface area contributed by atoms with Crippen molar-refractivity contribution in [1.29, 1.82) is 0 Å². The first-order valence-electron chi connectivity index (χ1n) is 10.3. The number of methoxy groups -OCH3 is 1. The number of nitrogens with one attached hydrogen (secondary N) is 2. The van der Waals surface area contributed by atoms with Crippen molar-refractivity contribution in [3.63, 3.8) is 0 Å². The molecule has 9 heteroatoms. The van der Waals surface area contributed by atoms with Gasteiger partial charge in [0.1, 0.15) is 11.5 Å². The largest absolute Gasteiger partial charge is 0.497 e. The smallest absolute Gasteiger partial charge is 0.387 e. The van der Waals surface area contributed by atoms with Gasteiger partial charge in [-0.3, -0.25) is 4.99 Å². The van der Waals surface area contributed by atoms with Crippen LogP contribution in [-0.2, 0) is 6.54 Å². The van der Waals surface area contributed by atoms with Crippen LogP contribution in [0.5, 0.6) is 11.5 Å². The quantitative estimate of drug-likeness (QED) is 0.201. The molecule has 0 saturated carbocycles. The molecule has 1 atom stereocenters. The first-order valence-corrected chi connectivity index (χ1v) is 10.3. The van der Waals surface area contributed by atoms with E-state index in [2.05, 4.69) is 32.2 Å². The molecular formula is C21H35F2IN4O2. The van der Waals surface area contributed by atoms with Crippen LogP contribution < -0.4 is 20.1 Å². The molecule has 0 spiro atoms. The van der Waals surface area contributed by atoms with E-state index in [1.807, 2.05) is 0 Å². The summed E-state index contributed by atoms with van der Waals surface area (Å²) >= 11 is 0. The molecule has 0 bridgehead atoms. The van der Waals surface area contributed by atoms with Gasteiger partial charge >= 0.3 is 6.61 Å². The Morgan fingerprint density at radius 2 is 2.07 bits per heavy atom. The Balaban J connectivity index is 0.00000450. The first-order chi connectivity index (χ1) is 14.0. The normalized spacial score (nSPS) is 17.4. The van der Waals surface area contributed by atoms with E-state index in [1.165, 1.54) is 39.0 Å². The van der Waals surface area contributed by atoms with Gasteiger partial charge in [0.05, 0.1) is 7.11 Å². The fourth-order valence-corrected chi connectivity index (χ4v) is 3.57. The minimum atomic E-state index is -2.87. The van der Waals surface area contributed by atoms with Crippen LogP contribution in [0.3, 0.4) is 0 Å². The molecule has 30 heavy (non-hydrogen) atoms. The zero-order valence-corrected chi connectivity index (χ0v) is 20.5. The van der Waals surface area contributed by atoms with Crippen LogP contribution in [0.1, 0.15) is 44.6 Å². The van der Waals surface area contributed by atoms with E-state index < -0.39 is 6.61 Å². The molecule has 1 aromatic rings. The van der Waals surface area contributed by atoms with Crippen molar-refractivity contribution in [1.82, 2.24) is 15.5 Å². The lowest BCUT2D eigenvalue weighted by Gasteiger charge is -2.33. The van der Waals surface area contributed by atoms with E-state index in [9.17, 15) is 8.78 Å². The van der Waals surface area contributed by atoms with Crippen molar-refractivity contribution >= 4 is 29.9 Å². The fraction of sp³-hybridized carbons (Fsp3) is 0.667. The second kappa shape index (κ2) is 14.6. The van der Waals surface area contributed by atoms with Gasteiger partial charge in [-0.05, 0) is 63.9 Å². The van der Waals surface area contributed by atoms with Crippen molar-refractivity contribution < 1.29 is 18.3 Å². The van der Waals surface area contributed by atoms with E-state index in [-0.39, 0.29) is 29.7 Å². The Morgan fingerprint density at radius 1 is 1.27 bits per heavy atom. The topological polar surface area (TPSA) is 58.1 Å². The molecule has 0 aromatic heterocycles. The summed E-state index contributed by atoms with van der Waals surface area (Å²) < 4.78 is 35.0. The van der Waals surface area contributed by atoms with Crippen LogP contribution in [-0.4, -0.2) is 57.3 Å². The summed E-state index contributed by atoms with van der Waals surface area (Å²) in [4.78, 5) is 6.77. The summed E-state index contributed by atoms with van der Waals surface area (Å²) in [5.74, 6) is 1.33.